The van der Waals surface area contributed by atoms with Crippen LogP contribution in [0.15, 0.2) is 0 Å². The van der Waals surface area contributed by atoms with Crippen LogP contribution in [0, 0.1) is 0 Å². The second kappa shape index (κ2) is 9.35. The molecule has 0 spiro atoms. The van der Waals surface area contributed by atoms with Gasteiger partial charge < -0.3 is 9.11 Å². The van der Waals surface area contributed by atoms with Gasteiger partial charge in [-0.25, -0.2) is 0 Å². The maximum absolute atomic E-state index is 8.52. The van der Waals surface area contributed by atoms with Gasteiger partial charge in [-0.2, -0.15) is 0 Å². The van der Waals surface area contributed by atoms with Gasteiger partial charge in [0.2, 0.25) is 0 Å². The third kappa shape index (κ3) is 81.7. The zero-order chi connectivity index (χ0) is 4.50. The molecule has 0 radical (unpaired) electrons. The molecule has 0 atom stereocenters. The van der Waals surface area contributed by atoms with Crippen molar-refractivity contribution in [1.82, 2.24) is 0 Å². The molecule has 0 aliphatic rings. The van der Waals surface area contributed by atoms with E-state index in [-0.39, 0.29) is 74.3 Å². The van der Waals surface area contributed by atoms with E-state index in [2.05, 4.69) is 0 Å². The molecule has 0 saturated carbocycles. The quantitative estimate of drug-likeness (QED) is 0.187. The van der Waals surface area contributed by atoms with Crippen molar-refractivity contribution in [2.45, 2.75) is 0 Å². The first-order valence-corrected chi connectivity index (χ1v) is 2.00. The van der Waals surface area contributed by atoms with Gasteiger partial charge in [-0.15, -0.1) is 0 Å². The molecule has 0 saturated heterocycles. The first kappa shape index (κ1) is 22.4. The third-order valence-electron chi connectivity index (χ3n) is 0. The summed E-state index contributed by atoms with van der Waals surface area (Å²) in [6, 6.07) is 0. The van der Waals surface area contributed by atoms with Crippen molar-refractivity contribution in [3.8, 4) is 0 Å². The Kier molecular flexibility index (Phi) is 26.2. The average Bonchev–Trinajstić information content (AvgIpc) is 0.722. The number of hydrogen-bond donors (Lipinski definition) is 0. The predicted molar refractivity (Wildman–Crippen MR) is 10.5 cm³/mol. The second-order valence-corrected chi connectivity index (χ2v) is 1.22. The summed E-state index contributed by atoms with van der Waals surface area (Å²) in [7, 11) is -5.17. The molecule has 0 aliphatic carbocycles. The molecule has 0 heterocycles. The fourth-order valence-corrected chi connectivity index (χ4v) is 0. The van der Waals surface area contributed by atoms with Gasteiger partial charge >= 0.3 is 74.3 Å². The summed E-state index contributed by atoms with van der Waals surface area (Å²) in [5.74, 6) is 0. The Balaban J connectivity index is -0.0000000267. The largest absolute Gasteiger partial charge is 3.00 e. The van der Waals surface area contributed by atoms with Crippen LogP contribution in [0.1, 0.15) is 0 Å². The van der Waals surface area contributed by atoms with Gasteiger partial charge in [0.05, 0.1) is 0 Å². The molecular weight excluding hydrogens is 513 g/mol. The smallest absolute Gasteiger partial charge is 0.759 e. The zero-order valence-corrected chi connectivity index (χ0v) is 10.8. The van der Waals surface area contributed by atoms with Crippen LogP contribution in [0.3, 0.4) is 0 Å². The van der Waals surface area contributed by atoms with Crippen LogP contribution in [0.5, 0.6) is 0 Å². The van der Waals surface area contributed by atoms with Crippen molar-refractivity contribution in [3.05, 3.63) is 0 Å². The minimum Gasteiger partial charge on any atom is -0.759 e. The molecule has 0 fully saturated rings. The maximum Gasteiger partial charge on any atom is 3.00 e. The van der Waals surface area contributed by atoms with E-state index in [9.17, 15) is 0 Å². The maximum atomic E-state index is 8.52. The first-order chi connectivity index (χ1) is 2.00. The van der Waals surface area contributed by atoms with Crippen LogP contribution in [-0.2, 0) is 55.2 Å². The monoisotopic (exact) mass is 513 g/mol. The van der Waals surface area contributed by atoms with E-state index in [0.717, 1.165) is 0 Å². The molecule has 8 heavy (non-hydrogen) atoms. The summed E-state index contributed by atoms with van der Waals surface area (Å²) in [5, 5.41) is 0. The summed E-state index contributed by atoms with van der Waals surface area (Å²) >= 11 is 0. The Morgan fingerprint density at radius 2 is 1.00 bits per heavy atom. The minimum absolute atomic E-state index is 0. The van der Waals surface area contributed by atoms with Crippen LogP contribution in [-0.4, -0.2) is 17.5 Å². The Morgan fingerprint density at radius 1 is 1.00 bits per heavy atom. The fourth-order valence-electron chi connectivity index (χ4n) is 0. The molecule has 48 valence electrons. The molecule has 0 N–H and O–H groups in total. The summed E-state index contributed by atoms with van der Waals surface area (Å²) in [5.41, 5.74) is 0. The van der Waals surface area contributed by atoms with Crippen LogP contribution in [0.4, 0.5) is 0 Å². The molecule has 0 aromatic heterocycles. The van der Waals surface area contributed by atoms with E-state index in [1.807, 2.05) is 0 Å². The van der Waals surface area contributed by atoms with E-state index in [1.54, 1.807) is 0 Å². The molecule has 0 rings (SSSR count). The van der Waals surface area contributed by atoms with Gasteiger partial charge in [0.15, 0.2) is 0 Å². The number of rotatable bonds is 0. The van der Waals surface area contributed by atoms with E-state index in [0.29, 0.717) is 0 Å². The SMILES string of the molecule is O=S(=O)([O-])[O-].[Au+3].[Au+3].[Na+]. The summed E-state index contributed by atoms with van der Waals surface area (Å²) in [6.07, 6.45) is 0. The molecular formula is Au2NaO4S+5. The van der Waals surface area contributed by atoms with Gasteiger partial charge in [0, 0.05) is 10.4 Å². The Bertz CT molecular complexity index is 97.2. The molecule has 4 nitrogen and oxygen atoms in total. The normalized spacial score (nSPS) is 7.25. The van der Waals surface area contributed by atoms with E-state index in [4.69, 9.17) is 17.5 Å². The predicted octanol–water partition coefficient (Wildman–Crippen LogP) is -4.34. The summed E-state index contributed by atoms with van der Waals surface area (Å²) < 4.78 is 34.1. The third-order valence-corrected chi connectivity index (χ3v) is 0. The molecule has 8 heteroatoms. The summed E-state index contributed by atoms with van der Waals surface area (Å²) in [4.78, 5) is 0. The first-order valence-electron chi connectivity index (χ1n) is 0.667. The summed E-state index contributed by atoms with van der Waals surface area (Å²) in [6.45, 7) is 0. The number of hydrogen-bond acceptors (Lipinski definition) is 4. The van der Waals surface area contributed by atoms with Gasteiger partial charge in [-0.05, 0) is 0 Å². The van der Waals surface area contributed by atoms with E-state index >= 15 is 0 Å². The van der Waals surface area contributed by atoms with Gasteiger partial charge in [-0.3, -0.25) is 8.42 Å². The van der Waals surface area contributed by atoms with E-state index < -0.39 is 10.4 Å². The van der Waals surface area contributed by atoms with Crippen LogP contribution < -0.4 is 29.6 Å². The minimum atomic E-state index is -5.17. The van der Waals surface area contributed by atoms with Gasteiger partial charge in [0.25, 0.3) is 0 Å². The van der Waals surface area contributed by atoms with Crippen molar-refractivity contribution in [1.29, 1.82) is 0 Å². The molecule has 0 aromatic rings. The average molecular weight is 513 g/mol. The van der Waals surface area contributed by atoms with Crippen molar-refractivity contribution >= 4 is 10.4 Å². The van der Waals surface area contributed by atoms with E-state index in [1.165, 1.54) is 0 Å². The van der Waals surface area contributed by atoms with Gasteiger partial charge in [0.1, 0.15) is 0 Å². The van der Waals surface area contributed by atoms with Crippen LogP contribution in [0.2, 0.25) is 0 Å². The standard InChI is InChI=1S/2Au.Na.H2O4S/c;;;1-5(2,3)4/h;;;(H2,1,2,3,4)/q2*+3;+1;/p-2. The van der Waals surface area contributed by atoms with Crippen molar-refractivity contribution in [2.75, 3.05) is 0 Å². The zero-order valence-electron chi connectivity index (χ0n) is 3.64. The molecule has 0 unspecified atom stereocenters. The molecule has 0 bridgehead atoms. The Labute approximate surface area is 101 Å². The second-order valence-electron chi connectivity index (χ2n) is 0.408. The van der Waals surface area contributed by atoms with Crippen molar-refractivity contribution in [3.63, 3.8) is 0 Å². The van der Waals surface area contributed by atoms with Crippen LogP contribution in [0.25, 0.3) is 0 Å². The van der Waals surface area contributed by atoms with Crippen LogP contribution >= 0.6 is 0 Å². The Morgan fingerprint density at radius 3 is 1.00 bits per heavy atom. The fraction of sp³-hybridized carbons (Fsp3) is 0. The topological polar surface area (TPSA) is 80.3 Å². The molecule has 0 aliphatic heterocycles. The van der Waals surface area contributed by atoms with Gasteiger partial charge in [-0.1, -0.05) is 0 Å². The van der Waals surface area contributed by atoms with Crippen molar-refractivity contribution in [2.24, 2.45) is 0 Å². The molecule has 0 amide bonds. The Hall–Kier alpha value is 2.35. The molecule has 0 aromatic carbocycles. The van der Waals surface area contributed by atoms with Crippen molar-refractivity contribution < 1.29 is 91.8 Å².